The number of halogens is 2. The minimum absolute atomic E-state index is 0.224. The molecular weight excluding hydrogens is 298 g/mol. The van der Waals surface area contributed by atoms with Crippen molar-refractivity contribution in [2.45, 2.75) is 5.75 Å². The second kappa shape index (κ2) is 5.89. The van der Waals surface area contributed by atoms with Gasteiger partial charge in [0.2, 0.25) is 10.0 Å². The lowest BCUT2D eigenvalue weighted by Gasteiger charge is -2.09. The highest BCUT2D eigenvalue weighted by molar-refractivity contribution is 7.91. The van der Waals surface area contributed by atoms with Crippen molar-refractivity contribution in [1.29, 1.82) is 5.26 Å². The van der Waals surface area contributed by atoms with Gasteiger partial charge in [0, 0.05) is 6.07 Å². The van der Waals surface area contributed by atoms with Crippen LogP contribution in [0.25, 0.3) is 0 Å². The summed E-state index contributed by atoms with van der Waals surface area (Å²) in [7, 11) is -3.92. The van der Waals surface area contributed by atoms with Crippen LogP contribution in [-0.2, 0) is 15.8 Å². The van der Waals surface area contributed by atoms with Crippen molar-refractivity contribution in [1.82, 2.24) is 0 Å². The standard InChI is InChI=1S/C14H10F2N2O2S/c15-12-5-6-14(13(16)7-12)18-21(19,20)9-11-4-2-1-3-10(11)8-17/h1-7,18H,9H2. The quantitative estimate of drug-likeness (QED) is 0.944. The van der Waals surface area contributed by atoms with Gasteiger partial charge in [-0.15, -0.1) is 0 Å². The zero-order valence-electron chi connectivity index (χ0n) is 10.7. The van der Waals surface area contributed by atoms with Gasteiger partial charge in [-0.25, -0.2) is 17.2 Å². The molecule has 2 rings (SSSR count). The van der Waals surface area contributed by atoms with Crippen LogP contribution < -0.4 is 4.72 Å². The van der Waals surface area contributed by atoms with Gasteiger partial charge in [0.15, 0.2) is 0 Å². The fourth-order valence-electron chi connectivity index (χ4n) is 1.74. The van der Waals surface area contributed by atoms with E-state index in [2.05, 4.69) is 0 Å². The maximum Gasteiger partial charge on any atom is 0.237 e. The maximum atomic E-state index is 13.4. The summed E-state index contributed by atoms with van der Waals surface area (Å²) < 4.78 is 52.2. The van der Waals surface area contributed by atoms with Gasteiger partial charge in [-0.05, 0) is 23.8 Å². The van der Waals surface area contributed by atoms with Crippen LogP contribution >= 0.6 is 0 Å². The van der Waals surface area contributed by atoms with Crippen molar-refractivity contribution in [3.05, 3.63) is 65.2 Å². The SMILES string of the molecule is N#Cc1ccccc1CS(=O)(=O)Nc1ccc(F)cc1F. The zero-order chi connectivity index (χ0) is 15.5. The maximum absolute atomic E-state index is 13.4. The molecule has 4 nitrogen and oxygen atoms in total. The van der Waals surface area contributed by atoms with Gasteiger partial charge < -0.3 is 0 Å². The Balaban J connectivity index is 2.25. The molecule has 0 bridgehead atoms. The molecule has 0 radical (unpaired) electrons. The van der Waals surface area contributed by atoms with Crippen LogP contribution in [-0.4, -0.2) is 8.42 Å². The highest BCUT2D eigenvalue weighted by atomic mass is 32.2. The van der Waals surface area contributed by atoms with E-state index < -0.39 is 27.4 Å². The molecule has 0 aliphatic carbocycles. The first kappa shape index (κ1) is 14.9. The first-order chi connectivity index (χ1) is 9.91. The fraction of sp³-hybridized carbons (Fsp3) is 0.0714. The van der Waals surface area contributed by atoms with Crippen molar-refractivity contribution in [3.63, 3.8) is 0 Å². The normalized spacial score (nSPS) is 10.9. The van der Waals surface area contributed by atoms with Gasteiger partial charge in [0.05, 0.1) is 23.1 Å². The monoisotopic (exact) mass is 308 g/mol. The number of hydrogen-bond acceptors (Lipinski definition) is 3. The Kier molecular flexibility index (Phi) is 4.19. The number of anilines is 1. The number of nitriles is 1. The smallest absolute Gasteiger partial charge is 0.237 e. The molecule has 0 aliphatic heterocycles. The van der Waals surface area contributed by atoms with Gasteiger partial charge in [0.1, 0.15) is 11.6 Å². The number of benzene rings is 2. The number of rotatable bonds is 4. The van der Waals surface area contributed by atoms with Crippen molar-refractivity contribution in [2.24, 2.45) is 0 Å². The summed E-state index contributed by atoms with van der Waals surface area (Å²) >= 11 is 0. The molecule has 108 valence electrons. The summed E-state index contributed by atoms with van der Waals surface area (Å²) in [6.07, 6.45) is 0. The van der Waals surface area contributed by atoms with Crippen molar-refractivity contribution in [3.8, 4) is 6.07 Å². The van der Waals surface area contributed by atoms with E-state index in [9.17, 15) is 17.2 Å². The molecule has 0 heterocycles. The van der Waals surface area contributed by atoms with E-state index in [-0.39, 0.29) is 11.3 Å². The largest absolute Gasteiger partial charge is 0.280 e. The Morgan fingerprint density at radius 1 is 1.14 bits per heavy atom. The van der Waals surface area contributed by atoms with Crippen molar-refractivity contribution < 1.29 is 17.2 Å². The van der Waals surface area contributed by atoms with Crippen LogP contribution in [0.1, 0.15) is 11.1 Å². The molecule has 7 heteroatoms. The average Bonchev–Trinajstić information content (AvgIpc) is 2.42. The highest BCUT2D eigenvalue weighted by Gasteiger charge is 2.16. The van der Waals surface area contributed by atoms with E-state index in [4.69, 9.17) is 5.26 Å². The molecule has 21 heavy (non-hydrogen) atoms. The molecule has 2 aromatic carbocycles. The Hall–Kier alpha value is -2.46. The van der Waals surface area contributed by atoms with E-state index in [1.54, 1.807) is 12.1 Å². The fourth-order valence-corrected chi connectivity index (χ4v) is 2.97. The van der Waals surface area contributed by atoms with Gasteiger partial charge >= 0.3 is 0 Å². The van der Waals surface area contributed by atoms with Crippen LogP contribution in [0.5, 0.6) is 0 Å². The zero-order valence-corrected chi connectivity index (χ0v) is 11.5. The summed E-state index contributed by atoms with van der Waals surface area (Å²) in [6, 6.07) is 10.6. The summed E-state index contributed by atoms with van der Waals surface area (Å²) in [5.74, 6) is -2.29. The van der Waals surface area contributed by atoms with Crippen molar-refractivity contribution >= 4 is 15.7 Å². The Morgan fingerprint density at radius 2 is 1.86 bits per heavy atom. The van der Waals surface area contributed by atoms with Crippen LogP contribution in [0, 0.1) is 23.0 Å². The molecule has 0 fully saturated rings. The second-order valence-corrected chi connectivity index (χ2v) is 5.98. The van der Waals surface area contributed by atoms with E-state index in [1.807, 2.05) is 10.8 Å². The number of nitrogens with zero attached hydrogens (tertiary/aromatic N) is 1. The summed E-state index contributed by atoms with van der Waals surface area (Å²) in [4.78, 5) is 0. The topological polar surface area (TPSA) is 70.0 Å². The number of nitrogens with one attached hydrogen (secondary N) is 1. The Labute approximate surface area is 120 Å². The highest BCUT2D eigenvalue weighted by Crippen LogP contribution is 2.19. The minimum atomic E-state index is -3.92. The predicted octanol–water partition coefficient (Wildman–Crippen LogP) is 2.78. The van der Waals surface area contributed by atoms with E-state index in [0.717, 1.165) is 12.1 Å². The lowest BCUT2D eigenvalue weighted by Crippen LogP contribution is -2.16. The van der Waals surface area contributed by atoms with Crippen molar-refractivity contribution in [2.75, 3.05) is 4.72 Å². The lowest BCUT2D eigenvalue weighted by molar-refractivity contribution is 0.582. The number of hydrogen-bond donors (Lipinski definition) is 1. The third-order valence-corrected chi connectivity index (χ3v) is 3.90. The summed E-state index contributed by atoms with van der Waals surface area (Å²) in [5, 5.41) is 8.91. The lowest BCUT2D eigenvalue weighted by atomic mass is 10.1. The molecule has 0 aromatic heterocycles. The van der Waals surface area contributed by atoms with Crippen LogP contribution in [0.15, 0.2) is 42.5 Å². The third-order valence-electron chi connectivity index (χ3n) is 2.68. The van der Waals surface area contributed by atoms with Crippen LogP contribution in [0.2, 0.25) is 0 Å². The average molecular weight is 308 g/mol. The molecule has 0 aliphatic rings. The molecule has 0 saturated heterocycles. The first-order valence-electron chi connectivity index (χ1n) is 5.85. The molecular formula is C14H10F2N2O2S. The van der Waals surface area contributed by atoms with Gasteiger partial charge in [-0.3, -0.25) is 4.72 Å². The van der Waals surface area contributed by atoms with Gasteiger partial charge in [-0.1, -0.05) is 18.2 Å². The van der Waals surface area contributed by atoms with E-state index in [0.29, 0.717) is 11.6 Å². The summed E-state index contributed by atoms with van der Waals surface area (Å²) in [5.41, 5.74) is 0.184. The molecule has 2 aromatic rings. The van der Waals surface area contributed by atoms with E-state index in [1.165, 1.54) is 12.1 Å². The number of sulfonamides is 1. The first-order valence-corrected chi connectivity index (χ1v) is 7.50. The minimum Gasteiger partial charge on any atom is -0.280 e. The molecule has 0 amide bonds. The van der Waals surface area contributed by atoms with E-state index >= 15 is 0 Å². The molecule has 0 atom stereocenters. The molecule has 1 N–H and O–H groups in total. The second-order valence-electron chi connectivity index (χ2n) is 4.25. The van der Waals surface area contributed by atoms with Crippen LogP contribution in [0.4, 0.5) is 14.5 Å². The molecule has 0 unspecified atom stereocenters. The predicted molar refractivity (Wildman–Crippen MR) is 73.8 cm³/mol. The van der Waals surface area contributed by atoms with Crippen LogP contribution in [0.3, 0.4) is 0 Å². The Bertz CT molecular complexity index is 814. The van der Waals surface area contributed by atoms with Gasteiger partial charge in [-0.2, -0.15) is 5.26 Å². The third kappa shape index (κ3) is 3.77. The molecule has 0 saturated carbocycles. The molecule has 0 spiro atoms. The van der Waals surface area contributed by atoms with Gasteiger partial charge in [0.25, 0.3) is 0 Å². The summed E-state index contributed by atoms with van der Waals surface area (Å²) in [6.45, 7) is 0. The Morgan fingerprint density at radius 3 is 2.52 bits per heavy atom.